The van der Waals surface area contributed by atoms with Crippen LogP contribution >= 0.6 is 0 Å². The van der Waals surface area contributed by atoms with Gasteiger partial charge in [0.05, 0.1) is 5.92 Å². The van der Waals surface area contributed by atoms with Crippen LogP contribution in [-0.4, -0.2) is 28.6 Å². The van der Waals surface area contributed by atoms with Gasteiger partial charge in [-0.1, -0.05) is 21.3 Å². The Labute approximate surface area is 175 Å². The van der Waals surface area contributed by atoms with Gasteiger partial charge >= 0.3 is 0 Å². The van der Waals surface area contributed by atoms with Crippen LogP contribution in [0.15, 0.2) is 10.2 Å². The molecular weight excluding hydrogens is 403 g/mol. The first-order chi connectivity index (χ1) is 9.74. The van der Waals surface area contributed by atoms with E-state index in [-0.39, 0.29) is 56.3 Å². The van der Waals surface area contributed by atoms with E-state index in [1.807, 2.05) is 13.8 Å². The zero-order valence-electron chi connectivity index (χ0n) is 15.5. The molecule has 0 heterocycles. The van der Waals surface area contributed by atoms with Gasteiger partial charge in [-0.05, 0) is 27.7 Å². The molecule has 0 spiro atoms. The minimum absolute atomic E-state index is 0. The number of halogens is 3. The molecule has 26 heavy (non-hydrogen) atoms. The molecule has 0 aromatic carbocycles. The maximum Gasteiger partial charge on any atom is 0.268 e. The Morgan fingerprint density at radius 1 is 0.769 bits per heavy atom. The fraction of sp³-hybridized carbons (Fsp3) is 0.769. The van der Waals surface area contributed by atoms with E-state index >= 15 is 0 Å². The highest BCUT2D eigenvalue weighted by atomic mass is 35.5. The number of nitrogens with two attached hydrogens (primary N) is 6. The number of amidine groups is 3. The van der Waals surface area contributed by atoms with Crippen molar-refractivity contribution >= 4 is 17.5 Å². The van der Waals surface area contributed by atoms with Gasteiger partial charge in [0, 0.05) is 10.8 Å². The van der Waals surface area contributed by atoms with E-state index in [2.05, 4.69) is 10.2 Å². The fourth-order valence-electron chi connectivity index (χ4n) is 0.365. The maximum absolute atomic E-state index is 6.00. The summed E-state index contributed by atoms with van der Waals surface area (Å²) in [5, 5.41) is 36.0. The summed E-state index contributed by atoms with van der Waals surface area (Å²) in [6, 6.07) is 0. The molecule has 0 aliphatic carbocycles. The molecule has 0 bridgehead atoms. The van der Waals surface area contributed by atoms with Crippen molar-refractivity contribution in [2.75, 3.05) is 0 Å². The minimum Gasteiger partial charge on any atom is -1.00 e. The summed E-state index contributed by atoms with van der Waals surface area (Å²) in [6.45, 7) is 10.9. The lowest BCUT2D eigenvalue weighted by molar-refractivity contribution is -0.124. The molecule has 158 valence electrons. The second-order valence-electron chi connectivity index (χ2n) is 5.88. The predicted molar refractivity (Wildman–Crippen MR) is 91.4 cm³/mol. The maximum atomic E-state index is 6.00. The van der Waals surface area contributed by atoms with Crippen LogP contribution in [-0.2, 0) is 0 Å². The average Bonchev–Trinajstić information content (AvgIpc) is 2.39. The quantitative estimate of drug-likeness (QED) is 0.106. The number of rotatable bonds is 5. The lowest BCUT2D eigenvalue weighted by Crippen LogP contribution is -3.00. The van der Waals surface area contributed by atoms with Crippen molar-refractivity contribution in [1.29, 1.82) is 10.8 Å². The first-order valence-electron chi connectivity index (χ1n) is 6.52. The number of hydrogen-bond acceptors (Lipinski definition) is 4. The van der Waals surface area contributed by atoms with Crippen molar-refractivity contribution in [1.82, 2.24) is 0 Å². The van der Waals surface area contributed by atoms with Crippen LogP contribution < -0.4 is 70.6 Å². The van der Waals surface area contributed by atoms with Gasteiger partial charge in [-0.3, -0.25) is 33.4 Å². The highest BCUT2D eigenvalue weighted by molar-refractivity contribution is 5.85. The van der Waals surface area contributed by atoms with Gasteiger partial charge < -0.3 is 37.2 Å². The molecule has 13 heteroatoms. The third-order valence-electron chi connectivity index (χ3n) is 2.63. The molecule has 10 nitrogen and oxygen atoms in total. The summed E-state index contributed by atoms with van der Waals surface area (Å²) < 4.78 is 0. The number of nitrogens with zero attached hydrogens (tertiary/aromatic N) is 4. The van der Waals surface area contributed by atoms with E-state index in [9.17, 15) is 0 Å². The molecule has 0 amide bonds. The van der Waals surface area contributed by atoms with Gasteiger partial charge in [0.2, 0.25) is 5.84 Å². The van der Waals surface area contributed by atoms with Crippen molar-refractivity contribution in [2.45, 2.75) is 60.0 Å². The third-order valence-corrected chi connectivity index (χ3v) is 2.63. The fourth-order valence-corrected chi connectivity index (χ4v) is 0.365. The first kappa shape index (κ1) is 44.1. The lowest BCUT2D eigenvalue weighted by atomic mass is 10.1. The highest BCUT2D eigenvalue weighted by Crippen LogP contribution is 2.13. The lowest BCUT2D eigenvalue weighted by Gasteiger charge is -2.16. The largest absolute Gasteiger partial charge is 1.00 e. The van der Waals surface area contributed by atoms with Crippen molar-refractivity contribution in [2.24, 2.45) is 33.3 Å². The van der Waals surface area contributed by atoms with Crippen LogP contribution in [0, 0.1) is 16.7 Å². The Morgan fingerprint density at radius 3 is 1.00 bits per heavy atom. The molecule has 0 aliphatic heterocycles. The summed E-state index contributed by atoms with van der Waals surface area (Å²) in [6.07, 6.45) is 0. The van der Waals surface area contributed by atoms with E-state index in [1.54, 1.807) is 27.7 Å². The van der Waals surface area contributed by atoms with Crippen molar-refractivity contribution in [3.8, 4) is 0 Å². The predicted octanol–water partition coefficient (Wildman–Crippen LogP) is -12.3. The molecule has 0 rings (SSSR count). The van der Waals surface area contributed by atoms with E-state index in [0.717, 1.165) is 0 Å². The zero-order valence-corrected chi connectivity index (χ0v) is 17.7. The molecule has 0 atom stereocenters. The third kappa shape index (κ3) is 22.3. The normalized spacial score (nSPS) is 9.27. The SMILES string of the molecule is C.CC(C)(N=NC(C)(C)C(N)=[NH2+])C(N)=[NH2+].CC(C)C(N)=[NH2+].N#N.[Cl-].[Cl-].[Cl-]. The molecule has 0 aliphatic rings. The molecule has 0 fully saturated rings. The van der Waals surface area contributed by atoms with E-state index < -0.39 is 11.1 Å². The summed E-state index contributed by atoms with van der Waals surface area (Å²) in [5.41, 5.74) is 14.6. The molecule has 0 unspecified atom stereocenters. The van der Waals surface area contributed by atoms with E-state index in [1.165, 1.54) is 0 Å². The summed E-state index contributed by atoms with van der Waals surface area (Å²) >= 11 is 0. The Kier molecular flexibility index (Phi) is 33.3. The van der Waals surface area contributed by atoms with Crippen LogP contribution in [0.4, 0.5) is 0 Å². The molecule has 0 aromatic heterocycles. The molecule has 0 saturated heterocycles. The van der Waals surface area contributed by atoms with Crippen molar-refractivity contribution in [3.63, 3.8) is 0 Å². The van der Waals surface area contributed by atoms with Gasteiger partial charge in [0.25, 0.3) is 11.7 Å². The van der Waals surface area contributed by atoms with Gasteiger partial charge in [0.1, 0.15) is 0 Å². The Morgan fingerprint density at radius 2 is 0.923 bits per heavy atom. The van der Waals surface area contributed by atoms with Gasteiger partial charge in [-0.25, -0.2) is 0 Å². The first-order valence-corrected chi connectivity index (χ1v) is 6.52. The monoisotopic (exact) mass is 436 g/mol. The number of azo groups is 1. The summed E-state index contributed by atoms with van der Waals surface area (Å²) in [5.74, 6) is 1.24. The van der Waals surface area contributed by atoms with Crippen molar-refractivity contribution in [3.05, 3.63) is 0 Å². The molecule has 12 N–H and O–H groups in total. The number of hydrogen-bond donors (Lipinski definition) is 6. The molecule has 0 saturated carbocycles. The topological polar surface area (TPSA) is 227 Å². The van der Waals surface area contributed by atoms with Crippen LogP contribution in [0.3, 0.4) is 0 Å². The Hall–Kier alpha value is -1.70. The van der Waals surface area contributed by atoms with Gasteiger partial charge in [-0.2, -0.15) is 10.2 Å². The summed E-state index contributed by atoms with van der Waals surface area (Å²) in [7, 11) is 0. The Balaban J connectivity index is -0.0000000522. The van der Waals surface area contributed by atoms with Gasteiger partial charge in [-0.15, -0.1) is 0 Å². The molecule has 0 aromatic rings. The van der Waals surface area contributed by atoms with Crippen LogP contribution in [0.5, 0.6) is 0 Å². The molecular formula is C13H35Cl3N10. The van der Waals surface area contributed by atoms with Gasteiger partial charge in [0.15, 0.2) is 11.1 Å². The zero-order chi connectivity index (χ0) is 18.7. The van der Waals surface area contributed by atoms with Crippen LogP contribution in [0.25, 0.3) is 0 Å². The van der Waals surface area contributed by atoms with E-state index in [0.29, 0.717) is 11.8 Å². The average molecular weight is 438 g/mol. The second-order valence-corrected chi connectivity index (χ2v) is 5.88. The van der Waals surface area contributed by atoms with Crippen LogP contribution in [0.2, 0.25) is 0 Å². The second kappa shape index (κ2) is 19.6. The minimum atomic E-state index is -0.702. The van der Waals surface area contributed by atoms with Crippen molar-refractivity contribution < 1.29 is 53.4 Å². The smallest absolute Gasteiger partial charge is 0.268 e. The molecule has 0 radical (unpaired) electrons. The highest BCUT2D eigenvalue weighted by Gasteiger charge is 2.30. The van der Waals surface area contributed by atoms with E-state index in [4.69, 9.17) is 44.2 Å². The standard InChI is InChI=1S/C8H18N6.C4H10N2.CH4.3ClH.N2/c1-7(2,5(9)10)13-14-8(3,4)6(11)12;1-3(2)4(5)6;;;;;1-2/h1-4H3,(H3,9,10)(H3,11,12);3H,1-2H3,(H3,5,6);1H4;3*1H;. The Bertz CT molecular complexity index is 417. The summed E-state index contributed by atoms with van der Waals surface area (Å²) in [4.78, 5) is 0. The van der Waals surface area contributed by atoms with Crippen LogP contribution in [0.1, 0.15) is 49.0 Å².